The first kappa shape index (κ1) is 23.0. The number of carbonyl (C=O) groups excluding carboxylic acids is 1. The van der Waals surface area contributed by atoms with E-state index < -0.39 is 10.0 Å². The molecule has 0 radical (unpaired) electrons. The maximum absolute atomic E-state index is 13.0. The van der Waals surface area contributed by atoms with E-state index in [1.807, 2.05) is 4.90 Å². The molecule has 0 N–H and O–H groups in total. The molecule has 1 saturated heterocycles. The molecule has 2 aromatic rings. The summed E-state index contributed by atoms with van der Waals surface area (Å²) in [5, 5.41) is 0.171. The van der Waals surface area contributed by atoms with Gasteiger partial charge < -0.3 is 4.90 Å². The van der Waals surface area contributed by atoms with Crippen molar-refractivity contribution in [2.45, 2.75) is 11.4 Å². The quantitative estimate of drug-likeness (QED) is 0.646. The molecule has 0 aromatic heterocycles. The van der Waals surface area contributed by atoms with Gasteiger partial charge in [0, 0.05) is 39.8 Å². The van der Waals surface area contributed by atoms with Crippen molar-refractivity contribution < 1.29 is 17.6 Å². The number of likely N-dealkylation sites (N-methyl/N-ethyl adjacent to an activating group) is 1. The fourth-order valence-electron chi connectivity index (χ4n) is 3.25. The highest BCUT2D eigenvalue weighted by Gasteiger charge is 2.32. The lowest BCUT2D eigenvalue weighted by Gasteiger charge is -2.34. The first-order valence-corrected chi connectivity index (χ1v) is 11.5. The smallest absolute Gasteiger partial charge is 0.246 e. The van der Waals surface area contributed by atoms with E-state index in [2.05, 4.69) is 0 Å². The highest BCUT2D eigenvalue weighted by Crippen LogP contribution is 2.31. The van der Waals surface area contributed by atoms with Crippen molar-refractivity contribution in [1.29, 1.82) is 0 Å². The van der Waals surface area contributed by atoms with E-state index in [0.717, 1.165) is 5.56 Å². The fraction of sp³-hybridized carbons (Fsp3) is 0.350. The Morgan fingerprint density at radius 1 is 1.03 bits per heavy atom. The average Bonchev–Trinajstić information content (AvgIpc) is 2.70. The first-order chi connectivity index (χ1) is 14.2. The summed E-state index contributed by atoms with van der Waals surface area (Å²) >= 11 is 12.1. The molecule has 1 fully saturated rings. The van der Waals surface area contributed by atoms with Gasteiger partial charge in [0.05, 0.1) is 16.6 Å². The third kappa shape index (κ3) is 5.31. The molecule has 10 heteroatoms. The molecule has 3 rings (SSSR count). The van der Waals surface area contributed by atoms with Crippen LogP contribution in [-0.4, -0.2) is 68.2 Å². The van der Waals surface area contributed by atoms with Gasteiger partial charge in [-0.1, -0.05) is 41.4 Å². The van der Waals surface area contributed by atoms with E-state index in [1.165, 1.54) is 28.6 Å². The summed E-state index contributed by atoms with van der Waals surface area (Å²) < 4.78 is 40.2. The van der Waals surface area contributed by atoms with Crippen LogP contribution in [0, 0.1) is 5.82 Å². The molecule has 0 aliphatic carbocycles. The minimum absolute atomic E-state index is 0.0857. The predicted octanol–water partition coefficient (Wildman–Crippen LogP) is 3.10. The number of carbonyl (C=O) groups is 1. The standard InChI is InChI=1S/C20H22Cl2FN3O3S/c1-24(13-15-5-7-16(23)8-6-15)19(27)14-25-9-11-26(12-10-25)30(28,29)20-17(21)3-2-4-18(20)22/h2-8H,9-14H2,1H3. The molecule has 1 aliphatic rings. The highest BCUT2D eigenvalue weighted by atomic mass is 35.5. The van der Waals surface area contributed by atoms with Crippen LogP contribution in [0.4, 0.5) is 4.39 Å². The van der Waals surface area contributed by atoms with Gasteiger partial charge in [0.25, 0.3) is 0 Å². The summed E-state index contributed by atoms with van der Waals surface area (Å²) in [7, 11) is -2.13. The topological polar surface area (TPSA) is 60.9 Å². The Bertz CT molecular complexity index is 990. The van der Waals surface area contributed by atoms with Crippen LogP contribution in [-0.2, 0) is 21.4 Å². The van der Waals surface area contributed by atoms with Crippen LogP contribution in [0.25, 0.3) is 0 Å². The van der Waals surface area contributed by atoms with Crippen molar-refractivity contribution in [2.75, 3.05) is 39.8 Å². The second-order valence-electron chi connectivity index (χ2n) is 7.11. The van der Waals surface area contributed by atoms with Crippen molar-refractivity contribution in [3.63, 3.8) is 0 Å². The molecule has 0 bridgehead atoms. The number of hydrogen-bond acceptors (Lipinski definition) is 4. The molecule has 1 aliphatic heterocycles. The molecule has 30 heavy (non-hydrogen) atoms. The number of rotatable bonds is 6. The van der Waals surface area contributed by atoms with Crippen molar-refractivity contribution in [2.24, 2.45) is 0 Å². The van der Waals surface area contributed by atoms with Gasteiger partial charge in [0.2, 0.25) is 15.9 Å². The summed E-state index contributed by atoms with van der Waals surface area (Å²) in [6.45, 7) is 1.85. The van der Waals surface area contributed by atoms with Crippen LogP contribution in [0.3, 0.4) is 0 Å². The molecule has 0 atom stereocenters. The molecule has 6 nitrogen and oxygen atoms in total. The van der Waals surface area contributed by atoms with Crippen LogP contribution in [0.2, 0.25) is 10.0 Å². The molecule has 162 valence electrons. The average molecular weight is 474 g/mol. The van der Waals surface area contributed by atoms with Crippen molar-refractivity contribution in [1.82, 2.24) is 14.1 Å². The largest absolute Gasteiger partial charge is 0.340 e. The molecule has 0 spiro atoms. The predicted molar refractivity (Wildman–Crippen MR) is 115 cm³/mol. The Labute approximate surface area is 185 Å². The van der Waals surface area contributed by atoms with Gasteiger partial charge in [-0.25, -0.2) is 12.8 Å². The second-order valence-corrected chi connectivity index (χ2v) is 9.80. The number of hydrogen-bond donors (Lipinski definition) is 0. The molecular weight excluding hydrogens is 452 g/mol. The number of piperazine rings is 1. The normalized spacial score (nSPS) is 15.9. The van der Waals surface area contributed by atoms with E-state index in [4.69, 9.17) is 23.2 Å². The fourth-order valence-corrected chi connectivity index (χ4v) is 5.76. The van der Waals surface area contributed by atoms with Crippen molar-refractivity contribution in [3.8, 4) is 0 Å². The SMILES string of the molecule is CN(Cc1ccc(F)cc1)C(=O)CN1CCN(S(=O)(=O)c2c(Cl)cccc2Cl)CC1. The molecule has 1 heterocycles. The minimum Gasteiger partial charge on any atom is -0.340 e. The number of halogens is 3. The summed E-state index contributed by atoms with van der Waals surface area (Å²) in [6.07, 6.45) is 0. The van der Waals surface area contributed by atoms with Gasteiger partial charge in [-0.3, -0.25) is 9.69 Å². The number of sulfonamides is 1. The summed E-state index contributed by atoms with van der Waals surface area (Å²) in [5.74, 6) is -0.414. The molecular formula is C20H22Cl2FN3O3S. The Morgan fingerprint density at radius 3 is 2.17 bits per heavy atom. The van der Waals surface area contributed by atoms with E-state index >= 15 is 0 Å². The maximum atomic E-state index is 13.0. The van der Waals surface area contributed by atoms with Gasteiger partial charge in [-0.15, -0.1) is 0 Å². The maximum Gasteiger partial charge on any atom is 0.246 e. The van der Waals surface area contributed by atoms with Crippen LogP contribution in [0.1, 0.15) is 5.56 Å². The third-order valence-electron chi connectivity index (χ3n) is 4.97. The zero-order valence-corrected chi connectivity index (χ0v) is 18.7. The Hall–Kier alpha value is -1.71. The van der Waals surface area contributed by atoms with Crippen LogP contribution in [0.15, 0.2) is 47.4 Å². The summed E-state index contributed by atoms with van der Waals surface area (Å²) in [4.78, 5) is 15.9. The summed E-state index contributed by atoms with van der Waals surface area (Å²) in [6, 6.07) is 10.6. The Balaban J connectivity index is 1.56. The van der Waals surface area contributed by atoms with E-state index in [-0.39, 0.29) is 46.3 Å². The molecule has 0 saturated carbocycles. The lowest BCUT2D eigenvalue weighted by molar-refractivity contribution is -0.131. The third-order valence-corrected chi connectivity index (χ3v) is 7.82. The van der Waals surface area contributed by atoms with Crippen LogP contribution in [0.5, 0.6) is 0 Å². The zero-order valence-electron chi connectivity index (χ0n) is 16.4. The van der Waals surface area contributed by atoms with Gasteiger partial charge in [0.15, 0.2) is 0 Å². The number of benzene rings is 2. The van der Waals surface area contributed by atoms with E-state index in [1.54, 1.807) is 30.1 Å². The van der Waals surface area contributed by atoms with E-state index in [0.29, 0.717) is 19.6 Å². The zero-order chi connectivity index (χ0) is 21.9. The highest BCUT2D eigenvalue weighted by molar-refractivity contribution is 7.89. The second kappa shape index (κ2) is 9.62. The Kier molecular flexibility index (Phi) is 7.36. The van der Waals surface area contributed by atoms with Crippen LogP contribution >= 0.6 is 23.2 Å². The number of amides is 1. The lowest BCUT2D eigenvalue weighted by atomic mass is 10.2. The van der Waals surface area contributed by atoms with Gasteiger partial charge in [-0.05, 0) is 29.8 Å². The van der Waals surface area contributed by atoms with Gasteiger partial charge in [0.1, 0.15) is 10.7 Å². The molecule has 2 aromatic carbocycles. The van der Waals surface area contributed by atoms with Gasteiger partial charge >= 0.3 is 0 Å². The van der Waals surface area contributed by atoms with E-state index in [9.17, 15) is 17.6 Å². The van der Waals surface area contributed by atoms with Crippen molar-refractivity contribution in [3.05, 3.63) is 63.9 Å². The monoisotopic (exact) mass is 473 g/mol. The van der Waals surface area contributed by atoms with Crippen molar-refractivity contribution >= 4 is 39.1 Å². The molecule has 0 unspecified atom stereocenters. The lowest BCUT2D eigenvalue weighted by Crippen LogP contribution is -2.51. The van der Waals surface area contributed by atoms with Crippen LogP contribution < -0.4 is 0 Å². The van der Waals surface area contributed by atoms with Gasteiger partial charge in [-0.2, -0.15) is 4.31 Å². The minimum atomic E-state index is -3.82. The number of nitrogens with zero attached hydrogens (tertiary/aromatic N) is 3. The Morgan fingerprint density at radius 2 is 1.60 bits per heavy atom. The molecule has 1 amide bonds. The first-order valence-electron chi connectivity index (χ1n) is 9.33. The summed E-state index contributed by atoms with van der Waals surface area (Å²) in [5.41, 5.74) is 0.833.